The molecule has 0 spiro atoms. The van der Waals surface area contributed by atoms with Crippen molar-refractivity contribution in [3.05, 3.63) is 41.5 Å². The van der Waals surface area contributed by atoms with E-state index >= 15 is 0 Å². The van der Waals surface area contributed by atoms with Crippen LogP contribution in [0.2, 0.25) is 0 Å². The number of hydrogen-bond donors (Lipinski definition) is 1. The summed E-state index contributed by atoms with van der Waals surface area (Å²) in [4.78, 5) is 4.37. The van der Waals surface area contributed by atoms with Gasteiger partial charge in [0.25, 0.3) is 0 Å². The monoisotopic (exact) mass is 281 g/mol. The molecule has 0 saturated carbocycles. The molecule has 104 valence electrons. The first-order valence-electron chi connectivity index (χ1n) is 6.38. The lowest BCUT2D eigenvalue weighted by molar-refractivity contribution is 0.315. The van der Waals surface area contributed by atoms with Gasteiger partial charge in [0.1, 0.15) is 6.33 Å². The SMILES string of the molecule is Cc1nc2nonc2c(N)c1Cc1cccn2cnnc12. The Kier molecular flexibility index (Phi) is 2.37. The van der Waals surface area contributed by atoms with Crippen molar-refractivity contribution in [2.75, 3.05) is 5.73 Å². The third kappa shape index (κ3) is 1.72. The average Bonchev–Trinajstić information content (AvgIpc) is 3.11. The topological polar surface area (TPSA) is 108 Å². The molecule has 0 aliphatic carbocycles. The molecule has 0 aliphatic heterocycles. The summed E-state index contributed by atoms with van der Waals surface area (Å²) in [5.74, 6) is 0. The van der Waals surface area contributed by atoms with E-state index in [1.165, 1.54) is 0 Å². The highest BCUT2D eigenvalue weighted by atomic mass is 16.6. The summed E-state index contributed by atoms with van der Waals surface area (Å²) in [6.07, 6.45) is 4.16. The number of aromatic nitrogens is 6. The van der Waals surface area contributed by atoms with Crippen LogP contribution in [-0.2, 0) is 6.42 Å². The van der Waals surface area contributed by atoms with Crippen LogP contribution in [-0.4, -0.2) is 29.9 Å². The molecule has 0 amide bonds. The summed E-state index contributed by atoms with van der Waals surface area (Å²) in [6, 6.07) is 3.94. The number of anilines is 1. The lowest BCUT2D eigenvalue weighted by Crippen LogP contribution is -2.03. The Balaban J connectivity index is 1.89. The maximum absolute atomic E-state index is 6.19. The van der Waals surface area contributed by atoms with Gasteiger partial charge >= 0.3 is 0 Å². The minimum Gasteiger partial charge on any atom is -0.396 e. The van der Waals surface area contributed by atoms with Gasteiger partial charge in [0.05, 0.1) is 5.69 Å². The molecule has 0 atom stereocenters. The van der Waals surface area contributed by atoms with Crippen molar-refractivity contribution in [2.45, 2.75) is 13.3 Å². The Morgan fingerprint density at radius 3 is 3.14 bits per heavy atom. The van der Waals surface area contributed by atoms with E-state index in [1.54, 1.807) is 6.33 Å². The van der Waals surface area contributed by atoms with E-state index in [0.29, 0.717) is 23.3 Å². The highest BCUT2D eigenvalue weighted by Crippen LogP contribution is 2.26. The van der Waals surface area contributed by atoms with E-state index in [4.69, 9.17) is 10.4 Å². The minimum absolute atomic E-state index is 0.425. The Morgan fingerprint density at radius 2 is 2.24 bits per heavy atom. The number of aryl methyl sites for hydroxylation is 1. The Morgan fingerprint density at radius 1 is 1.33 bits per heavy atom. The van der Waals surface area contributed by atoms with Crippen molar-refractivity contribution in [2.24, 2.45) is 0 Å². The molecule has 0 unspecified atom stereocenters. The van der Waals surface area contributed by atoms with Gasteiger partial charge in [0, 0.05) is 29.4 Å². The van der Waals surface area contributed by atoms with Gasteiger partial charge in [0.15, 0.2) is 11.2 Å². The van der Waals surface area contributed by atoms with Gasteiger partial charge < -0.3 is 5.73 Å². The van der Waals surface area contributed by atoms with Crippen molar-refractivity contribution in [1.82, 2.24) is 29.9 Å². The molecule has 0 radical (unpaired) electrons. The van der Waals surface area contributed by atoms with Crippen LogP contribution in [0.25, 0.3) is 16.8 Å². The van der Waals surface area contributed by atoms with Crippen molar-refractivity contribution >= 4 is 22.5 Å². The number of nitrogens with two attached hydrogens (primary N) is 1. The Labute approximate surface area is 118 Å². The van der Waals surface area contributed by atoms with Crippen LogP contribution in [0.4, 0.5) is 5.69 Å². The smallest absolute Gasteiger partial charge is 0.226 e. The highest BCUT2D eigenvalue weighted by Gasteiger charge is 2.16. The second kappa shape index (κ2) is 4.23. The summed E-state index contributed by atoms with van der Waals surface area (Å²) in [5, 5.41) is 15.6. The van der Waals surface area contributed by atoms with Gasteiger partial charge in [-0.2, -0.15) is 0 Å². The number of nitrogens with zero attached hydrogens (tertiary/aromatic N) is 6. The molecular formula is C13H11N7O. The van der Waals surface area contributed by atoms with Crippen molar-refractivity contribution < 1.29 is 4.63 Å². The normalized spacial score (nSPS) is 11.5. The zero-order chi connectivity index (χ0) is 14.4. The van der Waals surface area contributed by atoms with Gasteiger partial charge in [-0.05, 0) is 23.3 Å². The van der Waals surface area contributed by atoms with Crippen LogP contribution in [0.15, 0.2) is 29.3 Å². The summed E-state index contributed by atoms with van der Waals surface area (Å²) in [5.41, 5.74) is 11.2. The fourth-order valence-corrected chi connectivity index (χ4v) is 2.45. The molecule has 4 aromatic rings. The zero-order valence-electron chi connectivity index (χ0n) is 11.2. The van der Waals surface area contributed by atoms with Crippen LogP contribution in [0.1, 0.15) is 16.8 Å². The molecule has 4 rings (SSSR count). The third-order valence-corrected chi connectivity index (χ3v) is 3.53. The molecule has 8 nitrogen and oxygen atoms in total. The lowest BCUT2D eigenvalue weighted by atomic mass is 10.0. The van der Waals surface area contributed by atoms with Gasteiger partial charge in [0.2, 0.25) is 5.65 Å². The van der Waals surface area contributed by atoms with Crippen molar-refractivity contribution in [3.8, 4) is 0 Å². The van der Waals surface area contributed by atoms with Gasteiger partial charge in [-0.15, -0.1) is 10.2 Å². The Hall–Kier alpha value is -3.03. The number of pyridine rings is 2. The molecule has 2 N–H and O–H groups in total. The molecule has 0 saturated heterocycles. The van der Waals surface area contributed by atoms with E-state index in [0.717, 1.165) is 22.5 Å². The van der Waals surface area contributed by atoms with E-state index in [-0.39, 0.29) is 0 Å². The molecule has 0 fully saturated rings. The fraction of sp³-hybridized carbons (Fsp3) is 0.154. The van der Waals surface area contributed by atoms with Crippen LogP contribution in [0, 0.1) is 6.92 Å². The highest BCUT2D eigenvalue weighted by molar-refractivity contribution is 5.85. The first-order valence-corrected chi connectivity index (χ1v) is 6.38. The third-order valence-electron chi connectivity index (χ3n) is 3.53. The maximum atomic E-state index is 6.19. The maximum Gasteiger partial charge on any atom is 0.226 e. The molecule has 8 heteroatoms. The number of rotatable bonds is 2. The minimum atomic E-state index is 0.425. The van der Waals surface area contributed by atoms with Crippen molar-refractivity contribution in [3.63, 3.8) is 0 Å². The average molecular weight is 281 g/mol. The van der Waals surface area contributed by atoms with Gasteiger partial charge in [-0.25, -0.2) is 9.61 Å². The molecular weight excluding hydrogens is 270 g/mol. The lowest BCUT2D eigenvalue weighted by Gasteiger charge is -2.09. The standard InChI is InChI=1S/C13H11N7O/c1-7-9(10(14)11-12(16-7)19-21-18-11)5-8-3-2-4-20-6-15-17-13(8)20/h2-4,6H,5,14H2,1H3. The quantitative estimate of drug-likeness (QED) is 0.587. The van der Waals surface area contributed by atoms with Gasteiger partial charge in [-0.1, -0.05) is 6.07 Å². The van der Waals surface area contributed by atoms with E-state index < -0.39 is 0 Å². The van der Waals surface area contributed by atoms with Crippen LogP contribution in [0.3, 0.4) is 0 Å². The number of nitrogen functional groups attached to an aromatic ring is 1. The summed E-state index contributed by atoms with van der Waals surface area (Å²) >= 11 is 0. The number of fused-ring (bicyclic) bond motifs is 2. The van der Waals surface area contributed by atoms with E-state index in [1.807, 2.05) is 29.7 Å². The summed E-state index contributed by atoms with van der Waals surface area (Å²) < 4.78 is 6.56. The summed E-state index contributed by atoms with van der Waals surface area (Å²) in [7, 11) is 0. The summed E-state index contributed by atoms with van der Waals surface area (Å²) in [6.45, 7) is 1.89. The second-order valence-electron chi connectivity index (χ2n) is 4.80. The van der Waals surface area contributed by atoms with Crippen molar-refractivity contribution in [1.29, 1.82) is 0 Å². The van der Waals surface area contributed by atoms with E-state index in [9.17, 15) is 0 Å². The molecule has 0 bridgehead atoms. The molecule has 0 aliphatic rings. The molecule has 4 heterocycles. The largest absolute Gasteiger partial charge is 0.396 e. The molecule has 21 heavy (non-hydrogen) atoms. The van der Waals surface area contributed by atoms with Crippen LogP contribution >= 0.6 is 0 Å². The predicted molar refractivity (Wildman–Crippen MR) is 74.5 cm³/mol. The van der Waals surface area contributed by atoms with Crippen LogP contribution in [0.5, 0.6) is 0 Å². The van der Waals surface area contributed by atoms with E-state index in [2.05, 4.69) is 25.5 Å². The predicted octanol–water partition coefficient (Wildman–Crippen LogP) is 1.14. The fourth-order valence-electron chi connectivity index (χ4n) is 2.45. The molecule has 4 aromatic heterocycles. The van der Waals surface area contributed by atoms with Crippen LogP contribution < -0.4 is 5.73 Å². The first kappa shape index (κ1) is 11.8. The Bertz CT molecular complexity index is 956. The molecule has 0 aromatic carbocycles. The van der Waals surface area contributed by atoms with Gasteiger partial charge in [-0.3, -0.25) is 4.40 Å². The number of hydrogen-bond acceptors (Lipinski definition) is 7. The first-order chi connectivity index (χ1) is 10.2. The zero-order valence-corrected chi connectivity index (χ0v) is 11.2. The second-order valence-corrected chi connectivity index (χ2v) is 4.80.